The number of benzene rings is 1. The van der Waals surface area contributed by atoms with Crippen molar-refractivity contribution in [3.05, 3.63) is 70.7 Å². The van der Waals surface area contributed by atoms with Gasteiger partial charge >= 0.3 is 0 Å². The summed E-state index contributed by atoms with van der Waals surface area (Å²) in [7, 11) is -2.09. The maximum Gasteiger partial charge on any atom is 0.268 e. The Morgan fingerprint density at radius 3 is 2.82 bits per heavy atom. The number of hydrogen-bond acceptors (Lipinski definition) is 6. The summed E-state index contributed by atoms with van der Waals surface area (Å²) < 4.78 is 29.6. The molecule has 0 atom stereocenters. The molecular weight excluding hydrogens is 442 g/mol. The number of fused-ring (bicyclic) bond motifs is 2. The van der Waals surface area contributed by atoms with Crippen LogP contribution in [-0.4, -0.2) is 43.4 Å². The minimum absolute atomic E-state index is 0.127. The number of amides is 1. The smallest absolute Gasteiger partial charge is 0.268 e. The van der Waals surface area contributed by atoms with E-state index in [0.29, 0.717) is 11.5 Å². The van der Waals surface area contributed by atoms with Crippen molar-refractivity contribution in [3.63, 3.8) is 0 Å². The van der Waals surface area contributed by atoms with Gasteiger partial charge in [0.05, 0.1) is 24.0 Å². The number of aromatic nitrogens is 5. The number of carbonyl (C=O) groups excluding carboxylic acids is 1. The molecule has 0 aliphatic carbocycles. The summed E-state index contributed by atoms with van der Waals surface area (Å²) in [5.41, 5.74) is 4.12. The van der Waals surface area contributed by atoms with Crippen LogP contribution in [0.2, 0.25) is 0 Å². The zero-order valence-electron chi connectivity index (χ0n) is 18.5. The molecule has 0 spiro atoms. The second-order valence-corrected chi connectivity index (χ2v) is 10.0. The first kappa shape index (κ1) is 21.3. The molecule has 5 rings (SSSR count). The number of H-pyrrole nitrogens is 1. The summed E-state index contributed by atoms with van der Waals surface area (Å²) in [6.45, 7) is 4.28. The van der Waals surface area contributed by atoms with Crippen LogP contribution in [0.1, 0.15) is 38.8 Å². The Morgan fingerprint density at radius 2 is 2.03 bits per heavy atom. The quantitative estimate of drug-likeness (QED) is 0.464. The predicted molar refractivity (Wildman–Crippen MR) is 121 cm³/mol. The van der Waals surface area contributed by atoms with Crippen LogP contribution in [0.15, 0.2) is 41.6 Å². The van der Waals surface area contributed by atoms with Crippen molar-refractivity contribution in [2.75, 3.05) is 0 Å². The normalized spacial score (nSPS) is 14.0. The number of sulfonamides is 1. The van der Waals surface area contributed by atoms with Gasteiger partial charge in [0, 0.05) is 43.0 Å². The highest BCUT2D eigenvalue weighted by atomic mass is 32.2. The predicted octanol–water partition coefficient (Wildman–Crippen LogP) is 1.94. The largest absolute Gasteiger partial charge is 0.347 e. The molecule has 1 aliphatic rings. The van der Waals surface area contributed by atoms with Crippen LogP contribution in [0, 0.1) is 13.8 Å². The average Bonchev–Trinajstić information content (AvgIpc) is 3.47. The van der Waals surface area contributed by atoms with Crippen LogP contribution in [-0.2, 0) is 36.7 Å². The molecule has 11 heteroatoms. The standard InChI is InChI=1S/C22H23N7O3S/c1-13-21(33(31,32)29-11-16-9-25-27-19(16)12-29)7-20(28(13)3)22(30)24-8-15-5-4-6-18-17(15)10-23-14(2)26-18/h4-7,9-10H,8,11-12H2,1-3H3,(H,24,30)(H,25,27). The van der Waals surface area contributed by atoms with Crippen molar-refractivity contribution in [2.45, 2.75) is 38.4 Å². The van der Waals surface area contributed by atoms with E-state index in [-0.39, 0.29) is 36.1 Å². The Morgan fingerprint density at radius 1 is 1.21 bits per heavy atom. The van der Waals surface area contributed by atoms with E-state index in [1.54, 1.807) is 30.9 Å². The van der Waals surface area contributed by atoms with Gasteiger partial charge in [0.25, 0.3) is 5.91 Å². The summed E-state index contributed by atoms with van der Waals surface area (Å²) in [5.74, 6) is 0.320. The van der Waals surface area contributed by atoms with Crippen LogP contribution < -0.4 is 5.32 Å². The average molecular weight is 466 g/mol. The lowest BCUT2D eigenvalue weighted by molar-refractivity contribution is 0.0942. The summed E-state index contributed by atoms with van der Waals surface area (Å²) in [5, 5.41) is 10.5. The fraction of sp³-hybridized carbons (Fsp3) is 0.273. The maximum absolute atomic E-state index is 13.3. The van der Waals surface area contributed by atoms with Crippen molar-refractivity contribution in [3.8, 4) is 0 Å². The van der Waals surface area contributed by atoms with Crippen LogP contribution in [0.5, 0.6) is 0 Å². The van der Waals surface area contributed by atoms with Crippen LogP contribution in [0.4, 0.5) is 0 Å². The third-order valence-corrected chi connectivity index (χ3v) is 8.01. The molecule has 0 saturated carbocycles. The monoisotopic (exact) mass is 465 g/mol. The van der Waals surface area contributed by atoms with E-state index < -0.39 is 10.0 Å². The Labute approximate surface area is 190 Å². The molecule has 33 heavy (non-hydrogen) atoms. The molecule has 0 bridgehead atoms. The number of hydrogen-bond donors (Lipinski definition) is 2. The van der Waals surface area contributed by atoms with E-state index in [2.05, 4.69) is 25.5 Å². The van der Waals surface area contributed by atoms with Crippen molar-refractivity contribution >= 4 is 26.8 Å². The van der Waals surface area contributed by atoms with Gasteiger partial charge in [0.2, 0.25) is 10.0 Å². The number of aryl methyl sites for hydroxylation is 1. The molecule has 0 fully saturated rings. The lowest BCUT2D eigenvalue weighted by atomic mass is 10.1. The highest BCUT2D eigenvalue weighted by Gasteiger charge is 2.34. The van der Waals surface area contributed by atoms with E-state index in [9.17, 15) is 13.2 Å². The van der Waals surface area contributed by atoms with Gasteiger partial charge in [-0.1, -0.05) is 12.1 Å². The van der Waals surface area contributed by atoms with E-state index >= 15 is 0 Å². The van der Waals surface area contributed by atoms with E-state index in [4.69, 9.17) is 0 Å². The second kappa shape index (κ2) is 7.78. The molecule has 10 nitrogen and oxygen atoms in total. The van der Waals surface area contributed by atoms with Gasteiger partial charge in [0.1, 0.15) is 16.4 Å². The van der Waals surface area contributed by atoms with Crippen molar-refractivity contribution < 1.29 is 13.2 Å². The first-order valence-electron chi connectivity index (χ1n) is 10.4. The third kappa shape index (κ3) is 3.58. The lowest BCUT2D eigenvalue weighted by Crippen LogP contribution is -2.26. The molecule has 170 valence electrons. The molecule has 4 heterocycles. The fourth-order valence-electron chi connectivity index (χ4n) is 4.12. The fourth-order valence-corrected chi connectivity index (χ4v) is 5.78. The number of carbonyl (C=O) groups is 1. The lowest BCUT2D eigenvalue weighted by Gasteiger charge is -2.15. The number of aromatic amines is 1. The van der Waals surface area contributed by atoms with Gasteiger partial charge in [-0.15, -0.1) is 0 Å². The van der Waals surface area contributed by atoms with Crippen LogP contribution in [0.25, 0.3) is 10.9 Å². The van der Waals surface area contributed by atoms with Crippen molar-refractivity contribution in [2.24, 2.45) is 7.05 Å². The molecule has 0 radical (unpaired) electrons. The van der Waals surface area contributed by atoms with Gasteiger partial charge in [-0.25, -0.2) is 18.4 Å². The Hall–Kier alpha value is -3.57. The number of nitrogens with one attached hydrogen (secondary N) is 2. The molecule has 1 amide bonds. The van der Waals surface area contributed by atoms with Gasteiger partial charge in [0.15, 0.2) is 0 Å². The minimum atomic E-state index is -3.77. The highest BCUT2D eigenvalue weighted by Crippen LogP contribution is 2.30. The SMILES string of the molecule is Cc1ncc2c(CNC(=O)c3cc(S(=O)(=O)N4Cc5cn[nH]c5C4)c(C)n3C)cccc2n1. The zero-order valence-corrected chi connectivity index (χ0v) is 19.3. The van der Waals surface area contributed by atoms with Crippen LogP contribution >= 0.6 is 0 Å². The highest BCUT2D eigenvalue weighted by molar-refractivity contribution is 7.89. The van der Waals surface area contributed by atoms with E-state index in [0.717, 1.165) is 27.7 Å². The molecule has 0 unspecified atom stereocenters. The summed E-state index contributed by atoms with van der Waals surface area (Å²) in [4.78, 5) is 21.8. The Balaban J connectivity index is 1.38. The summed E-state index contributed by atoms with van der Waals surface area (Å²) in [6, 6.07) is 7.14. The summed E-state index contributed by atoms with van der Waals surface area (Å²) in [6.07, 6.45) is 3.39. The third-order valence-electron chi connectivity index (χ3n) is 6.10. The molecule has 1 aliphatic heterocycles. The molecule has 2 N–H and O–H groups in total. The molecule has 1 aromatic carbocycles. The van der Waals surface area contributed by atoms with Crippen LogP contribution in [0.3, 0.4) is 0 Å². The van der Waals surface area contributed by atoms with Gasteiger partial charge < -0.3 is 9.88 Å². The first-order chi connectivity index (χ1) is 15.8. The van der Waals surface area contributed by atoms with Crippen molar-refractivity contribution in [1.29, 1.82) is 0 Å². The number of rotatable bonds is 5. The molecule has 3 aromatic heterocycles. The molecular formula is C22H23N7O3S. The van der Waals surface area contributed by atoms with E-state index in [1.165, 1.54) is 10.4 Å². The number of nitrogens with zero attached hydrogens (tertiary/aromatic N) is 5. The minimum Gasteiger partial charge on any atom is -0.347 e. The zero-order chi connectivity index (χ0) is 23.3. The van der Waals surface area contributed by atoms with Gasteiger partial charge in [-0.2, -0.15) is 9.40 Å². The molecule has 0 saturated heterocycles. The second-order valence-electron chi connectivity index (χ2n) is 8.13. The Bertz CT molecular complexity index is 1480. The van der Waals surface area contributed by atoms with Crippen molar-refractivity contribution in [1.82, 2.24) is 34.4 Å². The van der Waals surface area contributed by atoms with Gasteiger partial charge in [-0.05, 0) is 31.5 Å². The van der Waals surface area contributed by atoms with Gasteiger partial charge in [-0.3, -0.25) is 9.89 Å². The summed E-state index contributed by atoms with van der Waals surface area (Å²) >= 11 is 0. The first-order valence-corrected chi connectivity index (χ1v) is 11.9. The molecule has 4 aromatic rings. The Kier molecular flexibility index (Phi) is 5.02. The topological polar surface area (TPSA) is 126 Å². The van der Waals surface area contributed by atoms with E-state index in [1.807, 2.05) is 25.1 Å². The maximum atomic E-state index is 13.3.